The van der Waals surface area contributed by atoms with E-state index >= 15 is 0 Å². The number of imide groups is 2. The number of amides is 6. The Labute approximate surface area is 189 Å². The normalized spacial score (nSPS) is 17.5. The van der Waals surface area contributed by atoms with Gasteiger partial charge in [-0.05, 0) is 48.7 Å². The molecular weight excluding hydrogens is 428 g/mol. The second kappa shape index (κ2) is 9.11. The van der Waals surface area contributed by atoms with Crippen molar-refractivity contribution >= 4 is 35.3 Å². The quantitative estimate of drug-likeness (QED) is 0.571. The van der Waals surface area contributed by atoms with Crippen LogP contribution in [0, 0.1) is 0 Å². The van der Waals surface area contributed by atoms with E-state index in [1.165, 1.54) is 6.07 Å². The average molecular weight is 450 g/mol. The van der Waals surface area contributed by atoms with Crippen LogP contribution in [0.2, 0.25) is 0 Å². The third-order valence-electron chi connectivity index (χ3n) is 5.58. The van der Waals surface area contributed by atoms with Crippen molar-refractivity contribution in [3.8, 4) is 5.75 Å². The maximum Gasteiger partial charge on any atom is 0.319 e. The Hall–Kier alpha value is -4.21. The number of anilines is 1. The van der Waals surface area contributed by atoms with Crippen molar-refractivity contribution in [1.82, 2.24) is 15.5 Å². The fourth-order valence-corrected chi connectivity index (χ4v) is 3.95. The molecule has 2 heterocycles. The Morgan fingerprint density at radius 1 is 1.09 bits per heavy atom. The monoisotopic (exact) mass is 450 g/mol. The first-order chi connectivity index (χ1) is 15.9. The van der Waals surface area contributed by atoms with E-state index in [9.17, 15) is 24.0 Å². The highest BCUT2D eigenvalue weighted by molar-refractivity contribution is 6.24. The Bertz CT molecular complexity index is 1140. The number of methoxy groups -OCH3 is 1. The van der Waals surface area contributed by atoms with Gasteiger partial charge in [0, 0.05) is 18.7 Å². The number of hydrogen-bond donors (Lipinski definition) is 3. The number of hydrogen-bond acceptors (Lipinski definition) is 6. The van der Waals surface area contributed by atoms with Crippen LogP contribution in [0.1, 0.15) is 39.1 Å². The number of rotatable bonds is 6. The summed E-state index contributed by atoms with van der Waals surface area (Å²) >= 11 is 0. The molecule has 2 aliphatic heterocycles. The van der Waals surface area contributed by atoms with Crippen molar-refractivity contribution in [2.75, 3.05) is 19.0 Å². The van der Waals surface area contributed by atoms with Crippen molar-refractivity contribution in [3.63, 3.8) is 0 Å². The molecule has 4 rings (SSSR count). The first-order valence-electron chi connectivity index (χ1n) is 10.4. The van der Waals surface area contributed by atoms with E-state index in [1.807, 2.05) is 0 Å². The van der Waals surface area contributed by atoms with Crippen molar-refractivity contribution < 1.29 is 28.7 Å². The number of ether oxygens (including phenoxy) is 1. The smallest absolute Gasteiger partial charge is 0.319 e. The largest absolute Gasteiger partial charge is 0.497 e. The lowest BCUT2D eigenvalue weighted by Crippen LogP contribution is -2.54. The van der Waals surface area contributed by atoms with E-state index in [-0.39, 0.29) is 30.5 Å². The van der Waals surface area contributed by atoms with Gasteiger partial charge in [0.1, 0.15) is 11.8 Å². The minimum Gasteiger partial charge on any atom is -0.497 e. The summed E-state index contributed by atoms with van der Waals surface area (Å²) in [4.78, 5) is 62.7. The highest BCUT2D eigenvalue weighted by atomic mass is 16.5. The molecule has 0 aliphatic carbocycles. The molecule has 3 N–H and O–H groups in total. The summed E-state index contributed by atoms with van der Waals surface area (Å²) in [5.41, 5.74) is 1.62. The fourth-order valence-electron chi connectivity index (χ4n) is 3.95. The van der Waals surface area contributed by atoms with Gasteiger partial charge in [-0.2, -0.15) is 0 Å². The highest BCUT2D eigenvalue weighted by Gasteiger charge is 2.45. The topological polar surface area (TPSA) is 134 Å². The molecule has 2 aliphatic rings. The van der Waals surface area contributed by atoms with Gasteiger partial charge in [-0.25, -0.2) is 4.79 Å². The van der Waals surface area contributed by atoms with Crippen LogP contribution < -0.4 is 20.7 Å². The van der Waals surface area contributed by atoms with Gasteiger partial charge in [-0.15, -0.1) is 0 Å². The molecule has 1 unspecified atom stereocenters. The summed E-state index contributed by atoms with van der Waals surface area (Å²) in [6.07, 6.45) is 0.462. The average Bonchev–Trinajstić information content (AvgIpc) is 3.05. The van der Waals surface area contributed by atoms with Crippen LogP contribution in [0.15, 0.2) is 42.5 Å². The number of nitrogens with one attached hydrogen (secondary N) is 3. The zero-order valence-corrected chi connectivity index (χ0v) is 17.8. The molecule has 0 aromatic heterocycles. The molecule has 2 aromatic carbocycles. The first kappa shape index (κ1) is 22.0. The van der Waals surface area contributed by atoms with Gasteiger partial charge in [-0.3, -0.25) is 29.4 Å². The third kappa shape index (κ3) is 4.40. The number of benzene rings is 2. The Balaban J connectivity index is 1.41. The lowest BCUT2D eigenvalue weighted by atomic mass is 10.0. The van der Waals surface area contributed by atoms with E-state index in [0.717, 1.165) is 4.90 Å². The molecular formula is C23H22N4O6. The van der Waals surface area contributed by atoms with E-state index in [2.05, 4.69) is 16.0 Å². The van der Waals surface area contributed by atoms with Crippen LogP contribution in [-0.2, 0) is 16.0 Å². The molecule has 10 heteroatoms. The molecule has 170 valence electrons. The number of fused-ring (bicyclic) bond motifs is 1. The first-order valence-corrected chi connectivity index (χ1v) is 10.4. The number of carbonyl (C=O) groups is 5. The van der Waals surface area contributed by atoms with Gasteiger partial charge < -0.3 is 15.4 Å². The minimum absolute atomic E-state index is 0.0594. The number of carbonyl (C=O) groups excluding carboxylic acids is 5. The summed E-state index contributed by atoms with van der Waals surface area (Å²) in [6, 6.07) is 10.3. The van der Waals surface area contributed by atoms with Crippen LogP contribution in [0.4, 0.5) is 10.5 Å². The van der Waals surface area contributed by atoms with Crippen LogP contribution in [0.5, 0.6) is 5.75 Å². The summed E-state index contributed by atoms with van der Waals surface area (Å²) in [6.45, 7) is 0.221. The van der Waals surface area contributed by atoms with Crippen LogP contribution >= 0.6 is 0 Å². The van der Waals surface area contributed by atoms with E-state index < -0.39 is 35.7 Å². The predicted octanol–water partition coefficient (Wildman–Crippen LogP) is 1.46. The molecule has 1 saturated heterocycles. The SMILES string of the molecule is COc1ccc(NC(=O)NCCc2cccc3c2C(=O)N(C2CCC(=O)NC2=O)C3=O)cc1. The summed E-state index contributed by atoms with van der Waals surface area (Å²) < 4.78 is 5.08. The molecule has 0 saturated carbocycles. The molecule has 2 aromatic rings. The van der Waals surface area contributed by atoms with Crippen LogP contribution in [0.3, 0.4) is 0 Å². The Morgan fingerprint density at radius 2 is 1.85 bits per heavy atom. The van der Waals surface area contributed by atoms with Gasteiger partial charge in [-0.1, -0.05) is 12.1 Å². The van der Waals surface area contributed by atoms with Gasteiger partial charge in [0.25, 0.3) is 11.8 Å². The molecule has 0 radical (unpaired) electrons. The highest BCUT2D eigenvalue weighted by Crippen LogP contribution is 2.30. The van der Waals surface area contributed by atoms with E-state index in [1.54, 1.807) is 43.5 Å². The van der Waals surface area contributed by atoms with Gasteiger partial charge in [0.15, 0.2) is 0 Å². The lowest BCUT2D eigenvalue weighted by molar-refractivity contribution is -0.136. The molecule has 33 heavy (non-hydrogen) atoms. The molecule has 6 amide bonds. The van der Waals surface area contributed by atoms with E-state index in [0.29, 0.717) is 23.4 Å². The number of nitrogens with zero attached hydrogens (tertiary/aromatic N) is 1. The Kier molecular flexibility index (Phi) is 6.07. The van der Waals surface area contributed by atoms with Crippen LogP contribution in [-0.4, -0.2) is 54.3 Å². The molecule has 0 bridgehead atoms. The van der Waals surface area contributed by atoms with Crippen molar-refractivity contribution in [1.29, 1.82) is 0 Å². The summed E-state index contributed by atoms with van der Waals surface area (Å²) in [7, 11) is 1.55. The zero-order valence-electron chi connectivity index (χ0n) is 17.8. The zero-order chi connectivity index (χ0) is 23.5. The number of piperidine rings is 1. The van der Waals surface area contributed by atoms with Gasteiger partial charge in [0.05, 0.1) is 18.2 Å². The maximum absolute atomic E-state index is 13.1. The summed E-state index contributed by atoms with van der Waals surface area (Å²) in [5.74, 6) is -1.53. The van der Waals surface area contributed by atoms with E-state index in [4.69, 9.17) is 4.74 Å². The lowest BCUT2D eigenvalue weighted by Gasteiger charge is -2.27. The number of urea groups is 1. The second-order valence-corrected chi connectivity index (χ2v) is 7.65. The predicted molar refractivity (Wildman–Crippen MR) is 117 cm³/mol. The van der Waals surface area contributed by atoms with Crippen molar-refractivity contribution in [2.45, 2.75) is 25.3 Å². The second-order valence-electron chi connectivity index (χ2n) is 7.65. The molecule has 10 nitrogen and oxygen atoms in total. The molecule has 0 spiro atoms. The van der Waals surface area contributed by atoms with Crippen molar-refractivity contribution in [3.05, 3.63) is 59.2 Å². The Morgan fingerprint density at radius 3 is 2.55 bits per heavy atom. The van der Waals surface area contributed by atoms with Gasteiger partial charge in [0.2, 0.25) is 11.8 Å². The minimum atomic E-state index is -1.02. The maximum atomic E-state index is 13.1. The fraction of sp³-hybridized carbons (Fsp3) is 0.261. The molecule has 1 atom stereocenters. The summed E-state index contributed by atoms with van der Waals surface area (Å²) in [5, 5.41) is 7.59. The van der Waals surface area contributed by atoms with Gasteiger partial charge >= 0.3 is 6.03 Å². The molecule has 1 fully saturated rings. The van der Waals surface area contributed by atoms with Crippen molar-refractivity contribution in [2.24, 2.45) is 0 Å². The standard InChI is InChI=1S/C23H22N4O6/c1-33-15-7-5-14(6-8-15)25-23(32)24-12-11-13-3-2-4-16-19(13)22(31)27(21(16)30)17-9-10-18(28)26-20(17)29/h2-8,17H,9-12H2,1H3,(H2,24,25,32)(H,26,28,29). The third-order valence-corrected chi connectivity index (χ3v) is 5.58. The van der Waals surface area contributed by atoms with Crippen LogP contribution in [0.25, 0.3) is 0 Å².